The lowest BCUT2D eigenvalue weighted by Gasteiger charge is -2.25. The van der Waals surface area contributed by atoms with Gasteiger partial charge in [-0.2, -0.15) is 0 Å². The molecule has 1 amide bonds. The van der Waals surface area contributed by atoms with Crippen LogP contribution in [0.15, 0.2) is 42.5 Å². The Balaban J connectivity index is 2.26. The Bertz CT molecular complexity index is 495. The van der Waals surface area contributed by atoms with Gasteiger partial charge in [-0.1, -0.05) is 42.5 Å². The molecule has 3 nitrogen and oxygen atoms in total. The highest BCUT2D eigenvalue weighted by atomic mass is 16.3. The van der Waals surface area contributed by atoms with Gasteiger partial charge in [0.25, 0.3) is 0 Å². The van der Waals surface area contributed by atoms with Gasteiger partial charge >= 0.3 is 0 Å². The van der Waals surface area contributed by atoms with Crippen LogP contribution in [0.2, 0.25) is 0 Å². The highest BCUT2D eigenvalue weighted by Crippen LogP contribution is 2.36. The molecule has 1 heterocycles. The lowest BCUT2D eigenvalue weighted by atomic mass is 9.86. The minimum absolute atomic E-state index is 0.0225. The van der Waals surface area contributed by atoms with Crippen molar-refractivity contribution in [1.82, 2.24) is 4.90 Å². The van der Waals surface area contributed by atoms with Crippen LogP contribution in [0, 0.1) is 11.8 Å². The molecular formula is C17H23NO2. The van der Waals surface area contributed by atoms with Crippen molar-refractivity contribution in [3.63, 3.8) is 0 Å². The van der Waals surface area contributed by atoms with Gasteiger partial charge in [-0.05, 0) is 26.3 Å². The summed E-state index contributed by atoms with van der Waals surface area (Å²) in [5.41, 5.74) is 2.08. The Hall–Kier alpha value is -1.61. The van der Waals surface area contributed by atoms with Gasteiger partial charge < -0.3 is 10.0 Å². The van der Waals surface area contributed by atoms with Crippen molar-refractivity contribution in [3.8, 4) is 0 Å². The van der Waals surface area contributed by atoms with E-state index in [-0.39, 0.29) is 23.8 Å². The third kappa shape index (κ3) is 2.63. The molecular weight excluding hydrogens is 250 g/mol. The average Bonchev–Trinajstić information content (AvgIpc) is 2.77. The van der Waals surface area contributed by atoms with E-state index in [9.17, 15) is 9.90 Å². The zero-order chi connectivity index (χ0) is 14.9. The number of carbonyl (C=O) groups is 1. The van der Waals surface area contributed by atoms with Crippen LogP contribution < -0.4 is 0 Å². The van der Waals surface area contributed by atoms with Crippen LogP contribution in [-0.2, 0) is 4.79 Å². The monoisotopic (exact) mass is 273 g/mol. The number of hydrogen-bond acceptors (Lipinski definition) is 2. The second-order valence-corrected chi connectivity index (χ2v) is 5.80. The third-order valence-electron chi connectivity index (χ3n) is 4.30. The summed E-state index contributed by atoms with van der Waals surface area (Å²) in [4.78, 5) is 14.5. The molecule has 1 aliphatic heterocycles. The van der Waals surface area contributed by atoms with E-state index >= 15 is 0 Å². The van der Waals surface area contributed by atoms with E-state index < -0.39 is 6.10 Å². The van der Waals surface area contributed by atoms with E-state index in [4.69, 9.17) is 0 Å². The SMILES string of the molecule is C=C(C)[C@H]1CN([C@H](C)c2ccccc2)C(=O)[C@@H]1[C@H](C)O. The number of carbonyl (C=O) groups excluding carboxylic acids is 1. The highest BCUT2D eigenvalue weighted by molar-refractivity contribution is 5.83. The van der Waals surface area contributed by atoms with Crippen LogP contribution in [0.3, 0.4) is 0 Å². The Kier molecular flexibility index (Phi) is 4.29. The van der Waals surface area contributed by atoms with Crippen molar-refractivity contribution < 1.29 is 9.90 Å². The first-order valence-corrected chi connectivity index (χ1v) is 7.12. The lowest BCUT2D eigenvalue weighted by molar-refractivity contribution is -0.135. The van der Waals surface area contributed by atoms with Crippen molar-refractivity contribution >= 4 is 5.91 Å². The maximum absolute atomic E-state index is 12.6. The quantitative estimate of drug-likeness (QED) is 0.857. The molecule has 4 atom stereocenters. The summed E-state index contributed by atoms with van der Waals surface area (Å²) in [7, 11) is 0. The molecule has 1 aromatic rings. The number of likely N-dealkylation sites (tertiary alicyclic amines) is 1. The molecule has 1 saturated heterocycles. The summed E-state index contributed by atoms with van der Waals surface area (Å²) in [6.07, 6.45) is -0.642. The molecule has 0 bridgehead atoms. The normalized spacial score (nSPS) is 25.6. The molecule has 1 fully saturated rings. The molecule has 2 rings (SSSR count). The second-order valence-electron chi connectivity index (χ2n) is 5.80. The van der Waals surface area contributed by atoms with Gasteiger partial charge in [0, 0.05) is 12.5 Å². The lowest BCUT2D eigenvalue weighted by Crippen LogP contribution is -2.33. The van der Waals surface area contributed by atoms with Crippen molar-refractivity contribution in [1.29, 1.82) is 0 Å². The van der Waals surface area contributed by atoms with Crippen molar-refractivity contribution in [2.24, 2.45) is 11.8 Å². The fourth-order valence-corrected chi connectivity index (χ4v) is 3.04. The number of hydrogen-bond donors (Lipinski definition) is 1. The van der Waals surface area contributed by atoms with Crippen LogP contribution in [0.25, 0.3) is 0 Å². The number of aliphatic hydroxyl groups is 1. The van der Waals surface area contributed by atoms with Gasteiger partial charge in [-0.25, -0.2) is 0 Å². The van der Waals surface area contributed by atoms with Crippen molar-refractivity contribution in [3.05, 3.63) is 48.0 Å². The maximum Gasteiger partial charge on any atom is 0.229 e. The van der Waals surface area contributed by atoms with Gasteiger partial charge in [-0.3, -0.25) is 4.79 Å². The van der Waals surface area contributed by atoms with E-state index in [0.29, 0.717) is 6.54 Å². The van der Waals surface area contributed by atoms with Gasteiger partial charge in [0.1, 0.15) is 0 Å². The zero-order valence-corrected chi connectivity index (χ0v) is 12.4. The summed E-state index contributed by atoms with van der Waals surface area (Å²) in [6, 6.07) is 10.0. The molecule has 1 N–H and O–H groups in total. The van der Waals surface area contributed by atoms with Crippen LogP contribution in [0.1, 0.15) is 32.4 Å². The smallest absolute Gasteiger partial charge is 0.229 e. The van der Waals surface area contributed by atoms with Gasteiger partial charge in [0.2, 0.25) is 5.91 Å². The molecule has 0 aliphatic carbocycles. The largest absolute Gasteiger partial charge is 0.393 e. The molecule has 0 spiro atoms. The zero-order valence-electron chi connectivity index (χ0n) is 12.4. The van der Waals surface area contributed by atoms with Crippen molar-refractivity contribution in [2.45, 2.75) is 32.9 Å². The predicted molar refractivity (Wildman–Crippen MR) is 80.0 cm³/mol. The van der Waals surface area contributed by atoms with Gasteiger partial charge in [0.15, 0.2) is 0 Å². The van der Waals surface area contributed by atoms with Crippen LogP contribution in [-0.4, -0.2) is 28.6 Å². The first kappa shape index (κ1) is 14.8. The number of nitrogens with zero attached hydrogens (tertiary/aromatic N) is 1. The minimum atomic E-state index is -0.642. The topological polar surface area (TPSA) is 40.5 Å². The van der Waals surface area contributed by atoms with Crippen LogP contribution in [0.5, 0.6) is 0 Å². The molecule has 108 valence electrons. The summed E-state index contributed by atoms with van der Waals surface area (Å²) in [6.45, 7) is 10.3. The van der Waals surface area contributed by atoms with E-state index in [1.807, 2.05) is 49.1 Å². The standard InChI is InChI=1S/C17H23NO2/c1-11(2)15-10-18(17(20)16(15)13(4)19)12(3)14-8-6-5-7-9-14/h5-9,12-13,15-16,19H,1,10H2,2-4H3/t12-,13+,15-,16-/m1/s1. The first-order chi connectivity index (χ1) is 9.43. The average molecular weight is 273 g/mol. The first-order valence-electron chi connectivity index (χ1n) is 7.12. The molecule has 1 aliphatic rings. The fourth-order valence-electron chi connectivity index (χ4n) is 3.04. The fraction of sp³-hybridized carbons (Fsp3) is 0.471. The van der Waals surface area contributed by atoms with E-state index in [0.717, 1.165) is 11.1 Å². The highest BCUT2D eigenvalue weighted by Gasteiger charge is 2.44. The van der Waals surface area contributed by atoms with Crippen LogP contribution >= 0.6 is 0 Å². The summed E-state index contributed by atoms with van der Waals surface area (Å²) >= 11 is 0. The van der Waals surface area contributed by atoms with E-state index in [1.165, 1.54) is 0 Å². The second kappa shape index (κ2) is 5.80. The Labute approximate surface area is 120 Å². The molecule has 0 saturated carbocycles. The van der Waals surface area contributed by atoms with E-state index in [2.05, 4.69) is 6.58 Å². The maximum atomic E-state index is 12.6. The van der Waals surface area contributed by atoms with Crippen LogP contribution in [0.4, 0.5) is 0 Å². The van der Waals surface area contributed by atoms with Gasteiger partial charge in [0.05, 0.1) is 18.1 Å². The Morgan fingerprint density at radius 1 is 1.35 bits per heavy atom. The van der Waals surface area contributed by atoms with Crippen molar-refractivity contribution in [2.75, 3.05) is 6.54 Å². The Morgan fingerprint density at radius 2 is 1.95 bits per heavy atom. The number of aliphatic hydroxyl groups excluding tert-OH is 1. The number of benzene rings is 1. The molecule has 20 heavy (non-hydrogen) atoms. The third-order valence-corrected chi connectivity index (χ3v) is 4.30. The molecule has 0 aromatic heterocycles. The summed E-state index contributed by atoms with van der Waals surface area (Å²) in [5.74, 6) is -0.295. The minimum Gasteiger partial charge on any atom is -0.393 e. The van der Waals surface area contributed by atoms with E-state index in [1.54, 1.807) is 6.92 Å². The Morgan fingerprint density at radius 3 is 2.40 bits per heavy atom. The summed E-state index contributed by atoms with van der Waals surface area (Å²) < 4.78 is 0. The molecule has 0 unspecified atom stereocenters. The molecule has 0 radical (unpaired) electrons. The number of rotatable bonds is 4. The van der Waals surface area contributed by atoms with Gasteiger partial charge in [-0.15, -0.1) is 0 Å². The summed E-state index contributed by atoms with van der Waals surface area (Å²) in [5, 5.41) is 9.92. The number of amides is 1. The molecule has 3 heteroatoms. The molecule has 1 aromatic carbocycles. The predicted octanol–water partition coefficient (Wildman–Crippen LogP) is 2.78.